The number of ether oxygens (including phenoxy) is 1. The Hall–Kier alpha value is -1.46. The SMILES string of the molecule is COc1cc(Cl)c(C)cc1NCC(O)CC(=O)O. The summed E-state index contributed by atoms with van der Waals surface area (Å²) in [4.78, 5) is 10.4. The summed E-state index contributed by atoms with van der Waals surface area (Å²) in [5.41, 5.74) is 1.54. The molecule has 1 rings (SSSR count). The highest BCUT2D eigenvalue weighted by Crippen LogP contribution is 2.30. The number of anilines is 1. The number of methoxy groups -OCH3 is 1. The average Bonchev–Trinajstić information content (AvgIpc) is 2.29. The summed E-state index contributed by atoms with van der Waals surface area (Å²) in [5.74, 6) is -0.489. The van der Waals surface area contributed by atoms with Gasteiger partial charge in [-0.2, -0.15) is 0 Å². The Bertz CT molecular complexity index is 436. The van der Waals surface area contributed by atoms with Gasteiger partial charge in [0.1, 0.15) is 5.75 Å². The van der Waals surface area contributed by atoms with Gasteiger partial charge in [-0.05, 0) is 18.6 Å². The summed E-state index contributed by atoms with van der Waals surface area (Å²) in [7, 11) is 1.51. The second-order valence-electron chi connectivity index (χ2n) is 3.93. The van der Waals surface area contributed by atoms with Gasteiger partial charge in [0.05, 0.1) is 25.3 Å². The molecule has 3 N–H and O–H groups in total. The number of halogens is 1. The molecule has 0 radical (unpaired) electrons. The molecule has 0 amide bonds. The number of hydrogen-bond donors (Lipinski definition) is 3. The minimum Gasteiger partial charge on any atom is -0.495 e. The fourth-order valence-electron chi connectivity index (χ4n) is 1.47. The largest absolute Gasteiger partial charge is 0.495 e. The van der Waals surface area contributed by atoms with Gasteiger partial charge in [-0.15, -0.1) is 0 Å². The Morgan fingerprint density at radius 1 is 1.56 bits per heavy atom. The molecule has 0 spiro atoms. The maximum Gasteiger partial charge on any atom is 0.306 e. The van der Waals surface area contributed by atoms with Crippen LogP contribution in [-0.4, -0.2) is 35.9 Å². The third-order valence-corrected chi connectivity index (χ3v) is 2.83. The van der Waals surface area contributed by atoms with Crippen molar-refractivity contribution in [3.05, 3.63) is 22.7 Å². The molecule has 1 aromatic rings. The van der Waals surface area contributed by atoms with Crippen LogP contribution in [0.1, 0.15) is 12.0 Å². The normalized spacial score (nSPS) is 12.0. The maximum absolute atomic E-state index is 10.4. The number of carboxylic acid groups (broad SMARTS) is 1. The van der Waals surface area contributed by atoms with Crippen molar-refractivity contribution in [3.8, 4) is 5.75 Å². The van der Waals surface area contributed by atoms with Crippen molar-refractivity contribution in [2.24, 2.45) is 0 Å². The molecule has 0 aliphatic heterocycles. The molecule has 6 heteroatoms. The fraction of sp³-hybridized carbons (Fsp3) is 0.417. The van der Waals surface area contributed by atoms with Crippen LogP contribution < -0.4 is 10.1 Å². The van der Waals surface area contributed by atoms with E-state index in [4.69, 9.17) is 21.4 Å². The van der Waals surface area contributed by atoms with Crippen LogP contribution in [0.15, 0.2) is 12.1 Å². The summed E-state index contributed by atoms with van der Waals surface area (Å²) in [6.07, 6.45) is -1.26. The van der Waals surface area contributed by atoms with Gasteiger partial charge >= 0.3 is 5.97 Å². The summed E-state index contributed by atoms with van der Waals surface area (Å²) in [6.45, 7) is 1.98. The zero-order valence-electron chi connectivity index (χ0n) is 10.2. The highest BCUT2D eigenvalue weighted by atomic mass is 35.5. The Morgan fingerprint density at radius 2 is 2.22 bits per heavy atom. The first-order chi connectivity index (χ1) is 8.43. The molecule has 1 atom stereocenters. The smallest absolute Gasteiger partial charge is 0.306 e. The topological polar surface area (TPSA) is 78.8 Å². The van der Waals surface area contributed by atoms with Crippen LogP contribution in [0.5, 0.6) is 5.75 Å². The Balaban J connectivity index is 2.72. The van der Waals surface area contributed by atoms with Gasteiger partial charge in [0.2, 0.25) is 0 Å². The number of carbonyl (C=O) groups is 1. The van der Waals surface area contributed by atoms with Crippen LogP contribution in [0.25, 0.3) is 0 Å². The lowest BCUT2D eigenvalue weighted by molar-refractivity contribution is -0.138. The monoisotopic (exact) mass is 273 g/mol. The van der Waals surface area contributed by atoms with Gasteiger partial charge in [-0.25, -0.2) is 0 Å². The van der Waals surface area contributed by atoms with Crippen molar-refractivity contribution < 1.29 is 19.7 Å². The molecule has 0 aliphatic rings. The van der Waals surface area contributed by atoms with E-state index in [0.29, 0.717) is 16.5 Å². The summed E-state index contributed by atoms with van der Waals surface area (Å²) >= 11 is 5.96. The number of carboxylic acids is 1. The van der Waals surface area contributed by atoms with Crippen molar-refractivity contribution in [3.63, 3.8) is 0 Å². The molecule has 0 aliphatic carbocycles. The van der Waals surface area contributed by atoms with Crippen LogP contribution in [0.3, 0.4) is 0 Å². The third-order valence-electron chi connectivity index (χ3n) is 2.42. The number of hydrogen-bond acceptors (Lipinski definition) is 4. The predicted molar refractivity (Wildman–Crippen MR) is 69.5 cm³/mol. The number of aliphatic carboxylic acids is 1. The molecule has 5 nitrogen and oxygen atoms in total. The molecule has 0 aromatic heterocycles. The number of aryl methyl sites for hydroxylation is 1. The lowest BCUT2D eigenvalue weighted by Gasteiger charge is -2.15. The first-order valence-electron chi connectivity index (χ1n) is 5.42. The molecule has 0 fully saturated rings. The number of rotatable bonds is 6. The van der Waals surface area contributed by atoms with Crippen molar-refractivity contribution >= 4 is 23.3 Å². The minimum atomic E-state index is -1.04. The number of aliphatic hydroxyl groups is 1. The standard InChI is InChI=1S/C12H16ClNO4/c1-7-3-10(11(18-2)5-9(7)13)14-6-8(15)4-12(16)17/h3,5,8,14-15H,4,6H2,1-2H3,(H,16,17). The Labute approximate surface area is 110 Å². The second kappa shape index (κ2) is 6.47. The molecular formula is C12H16ClNO4. The van der Waals surface area contributed by atoms with E-state index >= 15 is 0 Å². The molecule has 0 saturated heterocycles. The number of aliphatic hydroxyl groups excluding tert-OH is 1. The Kier molecular flexibility index (Phi) is 5.25. The summed E-state index contributed by atoms with van der Waals surface area (Å²) in [5, 5.41) is 21.5. The van der Waals surface area contributed by atoms with Gasteiger partial charge < -0.3 is 20.3 Å². The fourth-order valence-corrected chi connectivity index (χ4v) is 1.63. The second-order valence-corrected chi connectivity index (χ2v) is 4.34. The number of nitrogens with one attached hydrogen (secondary N) is 1. The first-order valence-corrected chi connectivity index (χ1v) is 5.79. The third kappa shape index (κ3) is 4.09. The predicted octanol–water partition coefficient (Wildman–Crippen LogP) is 1.90. The molecule has 100 valence electrons. The van der Waals surface area contributed by atoms with E-state index in [9.17, 15) is 9.90 Å². The van der Waals surface area contributed by atoms with Gasteiger partial charge in [0, 0.05) is 17.6 Å². The highest BCUT2D eigenvalue weighted by Gasteiger charge is 2.11. The molecule has 0 heterocycles. The van der Waals surface area contributed by atoms with E-state index in [1.54, 1.807) is 12.1 Å². The van der Waals surface area contributed by atoms with E-state index in [2.05, 4.69) is 5.32 Å². The van der Waals surface area contributed by atoms with E-state index in [0.717, 1.165) is 5.56 Å². The zero-order chi connectivity index (χ0) is 13.7. The van der Waals surface area contributed by atoms with Gasteiger partial charge in [0.25, 0.3) is 0 Å². The summed E-state index contributed by atoms with van der Waals surface area (Å²) < 4.78 is 5.15. The first kappa shape index (κ1) is 14.6. The molecular weight excluding hydrogens is 258 g/mol. The van der Waals surface area contributed by atoms with Crippen LogP contribution in [-0.2, 0) is 4.79 Å². The minimum absolute atomic E-state index is 0.129. The van der Waals surface area contributed by atoms with Crippen molar-refractivity contribution in [1.29, 1.82) is 0 Å². The maximum atomic E-state index is 10.4. The van der Waals surface area contributed by atoms with Crippen molar-refractivity contribution in [1.82, 2.24) is 0 Å². The van der Waals surface area contributed by atoms with Gasteiger partial charge in [-0.1, -0.05) is 11.6 Å². The van der Waals surface area contributed by atoms with E-state index in [1.807, 2.05) is 6.92 Å². The molecule has 1 aromatic carbocycles. The quantitative estimate of drug-likeness (QED) is 0.738. The van der Waals surface area contributed by atoms with E-state index < -0.39 is 12.1 Å². The molecule has 0 saturated carbocycles. The zero-order valence-corrected chi connectivity index (χ0v) is 11.0. The van der Waals surface area contributed by atoms with Crippen LogP contribution in [0.4, 0.5) is 5.69 Å². The highest BCUT2D eigenvalue weighted by molar-refractivity contribution is 6.31. The van der Waals surface area contributed by atoms with E-state index in [-0.39, 0.29) is 13.0 Å². The van der Waals surface area contributed by atoms with Crippen LogP contribution in [0, 0.1) is 6.92 Å². The lowest BCUT2D eigenvalue weighted by Crippen LogP contribution is -2.22. The van der Waals surface area contributed by atoms with Crippen molar-refractivity contribution in [2.75, 3.05) is 19.0 Å². The lowest BCUT2D eigenvalue weighted by atomic mass is 10.2. The van der Waals surface area contributed by atoms with Gasteiger partial charge in [-0.3, -0.25) is 4.79 Å². The van der Waals surface area contributed by atoms with E-state index in [1.165, 1.54) is 7.11 Å². The average molecular weight is 274 g/mol. The summed E-state index contributed by atoms with van der Waals surface area (Å²) in [6, 6.07) is 3.46. The van der Waals surface area contributed by atoms with Crippen LogP contribution in [0.2, 0.25) is 5.02 Å². The number of benzene rings is 1. The van der Waals surface area contributed by atoms with Gasteiger partial charge in [0.15, 0.2) is 0 Å². The Morgan fingerprint density at radius 3 is 2.78 bits per heavy atom. The van der Waals surface area contributed by atoms with Crippen molar-refractivity contribution in [2.45, 2.75) is 19.4 Å². The molecule has 1 unspecified atom stereocenters. The van der Waals surface area contributed by atoms with Crippen LogP contribution >= 0.6 is 11.6 Å². The molecule has 18 heavy (non-hydrogen) atoms. The molecule has 0 bridgehead atoms.